The first-order valence-electron chi connectivity index (χ1n) is 11.7. The number of benzene rings is 3. The van der Waals surface area contributed by atoms with Crippen molar-refractivity contribution in [1.29, 1.82) is 0 Å². The second-order valence-corrected chi connectivity index (χ2v) is 8.80. The van der Waals surface area contributed by atoms with Crippen molar-refractivity contribution < 1.29 is 14.6 Å². The maximum absolute atomic E-state index is 9.19. The second kappa shape index (κ2) is 11.3. The van der Waals surface area contributed by atoms with Crippen LogP contribution in [0.15, 0.2) is 90.1 Å². The second-order valence-electron chi connectivity index (χ2n) is 8.80. The van der Waals surface area contributed by atoms with Gasteiger partial charge in [-0.2, -0.15) is 0 Å². The number of aliphatic hydroxyl groups excluding tert-OH is 1. The third-order valence-electron chi connectivity index (χ3n) is 5.99. The Hall–Kier alpha value is -3.51. The van der Waals surface area contributed by atoms with Gasteiger partial charge >= 0.3 is 0 Å². The number of allylic oxidation sites excluding steroid dienone is 1. The Morgan fingerprint density at radius 2 is 1.83 bits per heavy atom. The highest BCUT2D eigenvalue weighted by Crippen LogP contribution is 2.31. The summed E-state index contributed by atoms with van der Waals surface area (Å²) in [6.45, 7) is 8.17. The zero-order valence-electron chi connectivity index (χ0n) is 20.6. The van der Waals surface area contributed by atoms with Gasteiger partial charge in [0.2, 0.25) is 5.90 Å². The molecule has 5 heteroatoms. The molecule has 3 aromatic rings. The topological polar surface area (TPSA) is 54.3 Å². The van der Waals surface area contributed by atoms with Crippen LogP contribution in [0.5, 0.6) is 0 Å². The average Bonchev–Trinajstić information content (AvgIpc) is 2.85. The van der Waals surface area contributed by atoms with E-state index in [1.807, 2.05) is 37.4 Å². The molecule has 0 bridgehead atoms. The van der Waals surface area contributed by atoms with Crippen molar-refractivity contribution in [2.24, 2.45) is 4.99 Å². The summed E-state index contributed by atoms with van der Waals surface area (Å²) < 4.78 is 11.5. The quantitative estimate of drug-likeness (QED) is 0.446. The lowest BCUT2D eigenvalue weighted by atomic mass is 9.94. The van der Waals surface area contributed by atoms with E-state index in [4.69, 9.17) is 14.5 Å². The molecule has 180 valence electrons. The fourth-order valence-corrected chi connectivity index (χ4v) is 4.27. The van der Waals surface area contributed by atoms with Crippen LogP contribution in [-0.4, -0.2) is 43.2 Å². The van der Waals surface area contributed by atoms with Crippen LogP contribution in [0.25, 0.3) is 16.8 Å². The van der Waals surface area contributed by atoms with Gasteiger partial charge in [-0.25, -0.2) is 4.99 Å². The fourth-order valence-electron chi connectivity index (χ4n) is 4.27. The summed E-state index contributed by atoms with van der Waals surface area (Å²) in [7, 11) is 3.70. The Morgan fingerprint density at radius 1 is 1.00 bits per heavy atom. The molecule has 1 N–H and O–H groups in total. The van der Waals surface area contributed by atoms with E-state index in [9.17, 15) is 5.11 Å². The lowest BCUT2D eigenvalue weighted by molar-refractivity contribution is 0.185. The van der Waals surface area contributed by atoms with E-state index in [2.05, 4.69) is 60.9 Å². The summed E-state index contributed by atoms with van der Waals surface area (Å²) in [6.07, 6.45) is 1.86. The molecule has 35 heavy (non-hydrogen) atoms. The van der Waals surface area contributed by atoms with Crippen molar-refractivity contribution in [3.05, 3.63) is 113 Å². The number of methoxy groups -OCH3 is 1. The molecular formula is C30H32N2O3. The van der Waals surface area contributed by atoms with Crippen LogP contribution in [0, 0.1) is 6.92 Å². The maximum Gasteiger partial charge on any atom is 0.227 e. The van der Waals surface area contributed by atoms with Crippen molar-refractivity contribution in [2.45, 2.75) is 20.1 Å². The van der Waals surface area contributed by atoms with Crippen molar-refractivity contribution in [1.82, 2.24) is 4.90 Å². The molecule has 0 unspecified atom stereocenters. The number of aryl methyl sites for hydroxylation is 1. The number of nitrogens with zero attached hydrogens (tertiary/aromatic N) is 2. The lowest BCUT2D eigenvalue weighted by Crippen LogP contribution is -2.21. The summed E-state index contributed by atoms with van der Waals surface area (Å²) in [6, 6.07) is 22.8. The Balaban J connectivity index is 1.67. The van der Waals surface area contributed by atoms with Crippen molar-refractivity contribution in [3.8, 4) is 11.1 Å². The zero-order chi connectivity index (χ0) is 24.8. The largest absolute Gasteiger partial charge is 0.439 e. The molecule has 5 nitrogen and oxygen atoms in total. The molecule has 0 radical (unpaired) electrons. The van der Waals surface area contributed by atoms with Gasteiger partial charge in [0.1, 0.15) is 5.76 Å². The van der Waals surface area contributed by atoms with E-state index in [0.29, 0.717) is 24.8 Å². The SMILES string of the molecule is C=C1C=C(c2cccc(CN(C)CCO)c2)N=C(c2ccc(-c3ccccc3C)c(COC)c2)O1. The van der Waals surface area contributed by atoms with Gasteiger partial charge in [-0.05, 0) is 60.0 Å². The summed E-state index contributed by atoms with van der Waals surface area (Å²) in [4.78, 5) is 6.93. The number of likely N-dealkylation sites (N-methyl/N-ethyl adjacent to an activating group) is 1. The highest BCUT2D eigenvalue weighted by atomic mass is 16.5. The monoisotopic (exact) mass is 468 g/mol. The van der Waals surface area contributed by atoms with E-state index in [0.717, 1.165) is 40.1 Å². The molecule has 0 amide bonds. The predicted molar refractivity (Wildman–Crippen MR) is 142 cm³/mol. The molecule has 0 aliphatic carbocycles. The van der Waals surface area contributed by atoms with Gasteiger partial charge in [-0.3, -0.25) is 4.90 Å². The van der Waals surface area contributed by atoms with E-state index < -0.39 is 0 Å². The molecule has 0 atom stereocenters. The molecule has 0 spiro atoms. The normalized spacial score (nSPS) is 13.5. The molecule has 0 fully saturated rings. The first-order valence-corrected chi connectivity index (χ1v) is 11.7. The molecule has 1 aliphatic rings. The van der Waals surface area contributed by atoms with Gasteiger partial charge < -0.3 is 14.6 Å². The van der Waals surface area contributed by atoms with Gasteiger partial charge in [-0.15, -0.1) is 0 Å². The van der Waals surface area contributed by atoms with Crippen molar-refractivity contribution in [3.63, 3.8) is 0 Å². The first-order chi connectivity index (χ1) is 17.0. The average molecular weight is 469 g/mol. The van der Waals surface area contributed by atoms with Gasteiger partial charge in [0, 0.05) is 37.4 Å². The maximum atomic E-state index is 9.19. The molecule has 1 heterocycles. The van der Waals surface area contributed by atoms with E-state index in [1.165, 1.54) is 11.1 Å². The predicted octanol–water partition coefficient (Wildman–Crippen LogP) is 5.56. The minimum absolute atomic E-state index is 0.139. The minimum Gasteiger partial charge on any atom is -0.439 e. The summed E-state index contributed by atoms with van der Waals surface area (Å²) in [5.41, 5.74) is 8.44. The van der Waals surface area contributed by atoms with Crippen molar-refractivity contribution >= 4 is 11.6 Å². The molecule has 3 aromatic carbocycles. The zero-order valence-corrected chi connectivity index (χ0v) is 20.6. The van der Waals surface area contributed by atoms with E-state index >= 15 is 0 Å². The fraction of sp³-hybridized carbons (Fsp3) is 0.233. The Bertz CT molecular complexity index is 1280. The summed E-state index contributed by atoms with van der Waals surface area (Å²) >= 11 is 0. The van der Waals surface area contributed by atoms with Crippen LogP contribution in [0.2, 0.25) is 0 Å². The summed E-state index contributed by atoms with van der Waals surface area (Å²) in [5.74, 6) is 1.06. The van der Waals surface area contributed by atoms with Gasteiger partial charge in [-0.1, -0.05) is 55.1 Å². The number of hydrogen-bond donors (Lipinski definition) is 1. The van der Waals surface area contributed by atoms with Gasteiger partial charge in [0.05, 0.1) is 18.9 Å². The molecule has 0 saturated heterocycles. The number of hydrogen-bond acceptors (Lipinski definition) is 5. The van der Waals surface area contributed by atoms with Crippen LogP contribution < -0.4 is 0 Å². The molecule has 1 aliphatic heterocycles. The Morgan fingerprint density at radius 3 is 2.60 bits per heavy atom. The van der Waals surface area contributed by atoms with E-state index in [-0.39, 0.29) is 6.61 Å². The summed E-state index contributed by atoms with van der Waals surface area (Å²) in [5, 5.41) is 9.19. The molecular weight excluding hydrogens is 436 g/mol. The minimum atomic E-state index is 0.139. The highest BCUT2D eigenvalue weighted by molar-refractivity contribution is 6.00. The Labute approximate surface area is 207 Å². The first kappa shape index (κ1) is 24.6. The van der Waals surface area contributed by atoms with Crippen LogP contribution in [0.3, 0.4) is 0 Å². The van der Waals surface area contributed by atoms with Crippen LogP contribution in [0.4, 0.5) is 0 Å². The van der Waals surface area contributed by atoms with Gasteiger partial charge in [0.25, 0.3) is 0 Å². The highest BCUT2D eigenvalue weighted by Gasteiger charge is 2.18. The molecule has 4 rings (SSSR count). The van der Waals surface area contributed by atoms with Crippen molar-refractivity contribution in [2.75, 3.05) is 27.3 Å². The third-order valence-corrected chi connectivity index (χ3v) is 5.99. The number of aliphatic imine (C=N–C) groups is 1. The number of rotatable bonds is 9. The number of ether oxygens (including phenoxy) is 2. The lowest BCUT2D eigenvalue weighted by Gasteiger charge is -2.19. The number of aliphatic hydroxyl groups is 1. The van der Waals surface area contributed by atoms with E-state index in [1.54, 1.807) is 7.11 Å². The molecule has 0 saturated carbocycles. The standard InChI is InChI=1S/C30H32N2O3/c1-21-8-5-6-11-27(21)28-13-12-25(18-26(28)20-34-4)30-31-29(16-22(2)35-30)24-10-7-9-23(17-24)19-32(3)14-15-33/h5-13,16-18,33H,2,14-15,19-20H2,1,3-4H3. The molecule has 0 aromatic heterocycles. The third kappa shape index (κ3) is 5.95. The van der Waals surface area contributed by atoms with Crippen LogP contribution in [0.1, 0.15) is 27.8 Å². The smallest absolute Gasteiger partial charge is 0.227 e. The van der Waals surface area contributed by atoms with Gasteiger partial charge in [0.15, 0.2) is 0 Å². The van der Waals surface area contributed by atoms with Crippen LogP contribution in [-0.2, 0) is 22.6 Å². The Kier molecular flexibility index (Phi) is 7.93. The van der Waals surface area contributed by atoms with Crippen LogP contribution >= 0.6 is 0 Å².